The minimum Gasteiger partial charge on any atom is -0.330 e. The van der Waals surface area contributed by atoms with Crippen LogP contribution in [0.5, 0.6) is 0 Å². The van der Waals surface area contributed by atoms with Crippen LogP contribution in [0.1, 0.15) is 115 Å². The highest BCUT2D eigenvalue weighted by molar-refractivity contribution is 8.02. The van der Waals surface area contributed by atoms with E-state index < -0.39 is 0 Å². The first-order valence-electron chi connectivity index (χ1n) is 13.3. The first-order chi connectivity index (χ1) is 16.7. The summed E-state index contributed by atoms with van der Waals surface area (Å²) in [6.07, 6.45) is 9.61. The van der Waals surface area contributed by atoms with E-state index >= 15 is 0 Å². The fraction of sp³-hybridized carbons (Fsp3) is 0.750. The maximum absolute atomic E-state index is 12.9. The van der Waals surface area contributed by atoms with Crippen molar-refractivity contribution in [2.75, 3.05) is 13.6 Å². The molecule has 0 saturated heterocycles. The Kier molecular flexibility index (Phi) is 17.0. The summed E-state index contributed by atoms with van der Waals surface area (Å²) < 4.78 is 1.88. The summed E-state index contributed by atoms with van der Waals surface area (Å²) in [6.45, 7) is 22.0. The molecule has 0 aromatic carbocycles. The summed E-state index contributed by atoms with van der Waals surface area (Å²) in [7, 11) is 2.08. The van der Waals surface area contributed by atoms with Gasteiger partial charge in [-0.1, -0.05) is 60.0 Å². The van der Waals surface area contributed by atoms with E-state index in [0.717, 1.165) is 36.9 Å². The number of hydrogen-bond donors (Lipinski definition) is 1. The van der Waals surface area contributed by atoms with Gasteiger partial charge in [-0.05, 0) is 64.5 Å². The fourth-order valence-corrected chi connectivity index (χ4v) is 4.91. The number of nitrogens with one attached hydrogen (secondary N) is 1. The molecule has 0 spiro atoms. The Morgan fingerprint density at radius 2 is 1.74 bits per heavy atom. The van der Waals surface area contributed by atoms with Gasteiger partial charge < -0.3 is 15.0 Å². The predicted octanol–water partition coefficient (Wildman–Crippen LogP) is 6.87. The topological polar surface area (TPSA) is 67.2 Å². The van der Waals surface area contributed by atoms with E-state index in [-0.39, 0.29) is 16.7 Å². The fourth-order valence-electron chi connectivity index (χ4n) is 4.37. The molecule has 1 atom stereocenters. The molecule has 202 valence electrons. The highest BCUT2D eigenvalue weighted by Crippen LogP contribution is 2.32. The number of carbonyl (C=O) groups excluding carboxylic acids is 2. The number of thioether (sulfide) groups is 1. The van der Waals surface area contributed by atoms with E-state index in [1.165, 1.54) is 38.5 Å². The smallest absolute Gasteiger partial charge is 0.272 e. The molecule has 3 rings (SSSR count). The van der Waals surface area contributed by atoms with Gasteiger partial charge in [0.05, 0.1) is 23.0 Å². The van der Waals surface area contributed by atoms with Crippen LogP contribution in [-0.4, -0.2) is 52.5 Å². The summed E-state index contributed by atoms with van der Waals surface area (Å²) in [4.78, 5) is 22.9. The summed E-state index contributed by atoms with van der Waals surface area (Å²) in [5.41, 5.74) is 1.47. The van der Waals surface area contributed by atoms with Gasteiger partial charge in [-0.3, -0.25) is 9.48 Å². The number of aromatic nitrogens is 2. The molecule has 1 fully saturated rings. The third kappa shape index (κ3) is 10.9. The van der Waals surface area contributed by atoms with Crippen LogP contribution >= 0.6 is 11.8 Å². The molecular formula is C28H52N4O2S. The van der Waals surface area contributed by atoms with Crippen LogP contribution in [0.3, 0.4) is 0 Å². The Morgan fingerprint density at radius 3 is 2.23 bits per heavy atom. The van der Waals surface area contributed by atoms with Crippen LogP contribution in [0.4, 0.5) is 0 Å². The van der Waals surface area contributed by atoms with E-state index in [0.29, 0.717) is 5.92 Å². The van der Waals surface area contributed by atoms with Gasteiger partial charge in [0.25, 0.3) is 5.91 Å². The van der Waals surface area contributed by atoms with Crippen molar-refractivity contribution in [3.63, 3.8) is 0 Å². The lowest BCUT2D eigenvalue weighted by atomic mass is 9.97. The maximum atomic E-state index is 12.9. The van der Waals surface area contributed by atoms with Gasteiger partial charge in [0.1, 0.15) is 12.5 Å². The Hall–Kier alpha value is -1.60. The lowest BCUT2D eigenvalue weighted by molar-refractivity contribution is -0.0980. The standard InChI is InChI=1S/C17H27N3OS.C8H17N.C2H6.CH2O/c1-7-22-13(4)14-10-15-16(21)19(9-8-12(2)3)17(5,6)11-20(15)18-14;1-9-8-6-4-2-3-5-7-8;2*1-2/h7,10,12-13H,1,8-9,11H2,2-6H3;8-9H,2-7H2,1H3;1-2H3;1H2. The van der Waals surface area contributed by atoms with E-state index in [4.69, 9.17) is 4.79 Å². The van der Waals surface area contributed by atoms with Gasteiger partial charge in [-0.2, -0.15) is 5.10 Å². The summed E-state index contributed by atoms with van der Waals surface area (Å²) in [5, 5.41) is 10.0. The van der Waals surface area contributed by atoms with Crippen molar-refractivity contribution in [2.45, 2.75) is 117 Å². The number of rotatable bonds is 7. The van der Waals surface area contributed by atoms with Gasteiger partial charge in [-0.15, -0.1) is 11.8 Å². The third-order valence-electron chi connectivity index (χ3n) is 6.44. The van der Waals surface area contributed by atoms with Crippen molar-refractivity contribution < 1.29 is 9.59 Å². The molecule has 35 heavy (non-hydrogen) atoms. The Morgan fingerprint density at radius 1 is 1.17 bits per heavy atom. The molecule has 1 saturated carbocycles. The van der Waals surface area contributed by atoms with E-state index in [1.54, 1.807) is 11.8 Å². The SMILES string of the molecule is C=CSC(C)c1cc2n(n1)CC(C)(C)N(CCC(C)C)C2=O.C=O.CC.CNC1CCCCCC1. The zero-order chi connectivity index (χ0) is 27.0. The van der Waals surface area contributed by atoms with Crippen LogP contribution in [0.2, 0.25) is 0 Å². The van der Waals surface area contributed by atoms with Gasteiger partial charge in [0.2, 0.25) is 0 Å². The minimum atomic E-state index is -0.197. The van der Waals surface area contributed by atoms with Crippen LogP contribution in [0, 0.1) is 5.92 Å². The average Bonchev–Trinajstić information content (AvgIpc) is 3.07. The number of nitrogens with zero attached hydrogens (tertiary/aromatic N) is 3. The van der Waals surface area contributed by atoms with Crippen molar-refractivity contribution in [3.05, 3.63) is 29.4 Å². The molecule has 7 heteroatoms. The molecule has 1 aliphatic carbocycles. The van der Waals surface area contributed by atoms with Crippen molar-refractivity contribution in [1.82, 2.24) is 20.0 Å². The molecule has 1 aromatic rings. The lowest BCUT2D eigenvalue weighted by Gasteiger charge is -2.42. The highest BCUT2D eigenvalue weighted by Gasteiger charge is 2.39. The normalized spacial score (nSPS) is 18.0. The molecule has 0 bridgehead atoms. The van der Waals surface area contributed by atoms with Crippen LogP contribution < -0.4 is 5.32 Å². The molecule has 2 heterocycles. The first-order valence-corrected chi connectivity index (χ1v) is 14.3. The molecule has 2 aliphatic rings. The average molecular weight is 509 g/mol. The van der Waals surface area contributed by atoms with Crippen molar-refractivity contribution in [1.29, 1.82) is 0 Å². The van der Waals surface area contributed by atoms with Gasteiger partial charge in [-0.25, -0.2) is 0 Å². The molecule has 1 aromatic heterocycles. The highest BCUT2D eigenvalue weighted by atomic mass is 32.2. The third-order valence-corrected chi connectivity index (χ3v) is 7.28. The maximum Gasteiger partial charge on any atom is 0.272 e. The second-order valence-electron chi connectivity index (χ2n) is 9.99. The molecule has 1 unspecified atom stereocenters. The van der Waals surface area contributed by atoms with Crippen molar-refractivity contribution in [3.8, 4) is 0 Å². The number of amides is 1. The second-order valence-corrected chi connectivity index (χ2v) is 11.3. The molecular weight excluding hydrogens is 456 g/mol. The number of carbonyl (C=O) groups is 2. The van der Waals surface area contributed by atoms with Crippen molar-refractivity contribution in [2.24, 2.45) is 5.92 Å². The molecule has 1 N–H and O–H groups in total. The summed E-state index contributed by atoms with van der Waals surface area (Å²) >= 11 is 1.63. The van der Waals surface area contributed by atoms with Crippen LogP contribution in [0.15, 0.2) is 18.1 Å². The molecule has 0 radical (unpaired) electrons. The largest absolute Gasteiger partial charge is 0.330 e. The zero-order valence-corrected chi connectivity index (χ0v) is 24.5. The zero-order valence-electron chi connectivity index (χ0n) is 23.7. The summed E-state index contributed by atoms with van der Waals surface area (Å²) in [5.74, 6) is 0.696. The van der Waals surface area contributed by atoms with Gasteiger partial charge >= 0.3 is 0 Å². The minimum absolute atomic E-state index is 0.103. The van der Waals surface area contributed by atoms with Gasteiger partial charge in [0.15, 0.2) is 0 Å². The van der Waals surface area contributed by atoms with Crippen molar-refractivity contribution >= 4 is 24.5 Å². The monoisotopic (exact) mass is 508 g/mol. The van der Waals surface area contributed by atoms with Crippen LogP contribution in [0.25, 0.3) is 0 Å². The molecule has 6 nitrogen and oxygen atoms in total. The first kappa shape index (κ1) is 33.4. The molecule has 1 aliphatic heterocycles. The van der Waals surface area contributed by atoms with E-state index in [2.05, 4.69) is 58.7 Å². The predicted molar refractivity (Wildman–Crippen MR) is 152 cm³/mol. The number of fused-ring (bicyclic) bond motifs is 1. The second kappa shape index (κ2) is 17.8. The Labute approximate surface area is 219 Å². The quantitative estimate of drug-likeness (QED) is 0.407. The van der Waals surface area contributed by atoms with E-state index in [1.807, 2.05) is 41.7 Å². The van der Waals surface area contributed by atoms with E-state index in [9.17, 15) is 4.79 Å². The number of hydrogen-bond acceptors (Lipinski definition) is 5. The lowest BCUT2D eigenvalue weighted by Crippen LogP contribution is -2.55. The Bertz CT molecular complexity index is 725. The van der Waals surface area contributed by atoms with Gasteiger partial charge in [0, 0.05) is 12.6 Å². The summed E-state index contributed by atoms with van der Waals surface area (Å²) in [6, 6.07) is 2.77. The van der Waals surface area contributed by atoms with Crippen LogP contribution in [-0.2, 0) is 11.3 Å². The molecule has 1 amide bonds. The Balaban J connectivity index is 0.000000740.